The number of rotatable bonds is 4. The van der Waals surface area contributed by atoms with Crippen LogP contribution in [0, 0.1) is 5.92 Å². The molecule has 1 atom stereocenters. The summed E-state index contributed by atoms with van der Waals surface area (Å²) < 4.78 is 5.25. The van der Waals surface area contributed by atoms with Gasteiger partial charge in [0.1, 0.15) is 11.4 Å². The van der Waals surface area contributed by atoms with Crippen LogP contribution >= 0.6 is 0 Å². The number of ether oxygens (including phenoxy) is 1. The second-order valence-electron chi connectivity index (χ2n) is 6.20. The first-order valence-corrected chi connectivity index (χ1v) is 8.17. The molecule has 2 heteroatoms. The SMILES string of the molecule is COc1ccc(C(O)(c2ccccc2)C2CCCCC2)cc1. The first-order valence-electron chi connectivity index (χ1n) is 8.17. The molecule has 1 N–H and O–H groups in total. The highest BCUT2D eigenvalue weighted by atomic mass is 16.5. The third-order valence-corrected chi connectivity index (χ3v) is 4.94. The average Bonchev–Trinajstić information content (AvgIpc) is 2.62. The summed E-state index contributed by atoms with van der Waals surface area (Å²) in [5, 5.41) is 11.7. The zero-order chi connectivity index (χ0) is 15.4. The van der Waals surface area contributed by atoms with Gasteiger partial charge < -0.3 is 9.84 Å². The minimum absolute atomic E-state index is 0.275. The van der Waals surface area contributed by atoms with E-state index < -0.39 is 5.60 Å². The molecule has 0 radical (unpaired) electrons. The van der Waals surface area contributed by atoms with Gasteiger partial charge in [-0.2, -0.15) is 0 Å². The molecule has 1 fully saturated rings. The lowest BCUT2D eigenvalue weighted by Crippen LogP contribution is -2.37. The lowest BCUT2D eigenvalue weighted by atomic mass is 9.70. The summed E-state index contributed by atoms with van der Waals surface area (Å²) in [4.78, 5) is 0. The van der Waals surface area contributed by atoms with Crippen molar-refractivity contribution in [2.45, 2.75) is 37.7 Å². The molecule has 2 nitrogen and oxygen atoms in total. The summed E-state index contributed by atoms with van der Waals surface area (Å²) in [5.74, 6) is 1.10. The predicted molar refractivity (Wildman–Crippen MR) is 89.0 cm³/mol. The van der Waals surface area contributed by atoms with Gasteiger partial charge in [-0.25, -0.2) is 0 Å². The van der Waals surface area contributed by atoms with Gasteiger partial charge in [0.15, 0.2) is 0 Å². The fourth-order valence-corrected chi connectivity index (χ4v) is 3.70. The van der Waals surface area contributed by atoms with E-state index in [2.05, 4.69) is 0 Å². The standard InChI is InChI=1S/C20H24O2/c1-22-19-14-12-18(13-15-19)20(21,16-8-4-2-5-9-16)17-10-6-3-7-11-17/h2,4-5,8-9,12-15,17,21H,3,6-7,10-11H2,1H3. The molecular weight excluding hydrogens is 272 g/mol. The van der Waals surface area contributed by atoms with Crippen molar-refractivity contribution in [3.63, 3.8) is 0 Å². The van der Waals surface area contributed by atoms with Gasteiger partial charge in [0, 0.05) is 0 Å². The van der Waals surface area contributed by atoms with Gasteiger partial charge in [-0.1, -0.05) is 61.7 Å². The maximum Gasteiger partial charge on any atom is 0.118 e. The third-order valence-electron chi connectivity index (χ3n) is 4.94. The smallest absolute Gasteiger partial charge is 0.118 e. The summed E-state index contributed by atoms with van der Waals surface area (Å²) in [6, 6.07) is 18.0. The van der Waals surface area contributed by atoms with Crippen LogP contribution in [0.1, 0.15) is 43.2 Å². The molecule has 1 unspecified atom stereocenters. The average molecular weight is 296 g/mol. The minimum Gasteiger partial charge on any atom is -0.497 e. The highest BCUT2D eigenvalue weighted by Gasteiger charge is 2.40. The Balaban J connectivity index is 2.05. The second-order valence-corrected chi connectivity index (χ2v) is 6.20. The molecule has 1 saturated carbocycles. The van der Waals surface area contributed by atoms with Crippen molar-refractivity contribution in [1.82, 2.24) is 0 Å². The van der Waals surface area contributed by atoms with Crippen LogP contribution in [0.25, 0.3) is 0 Å². The number of methoxy groups -OCH3 is 1. The van der Waals surface area contributed by atoms with Gasteiger partial charge >= 0.3 is 0 Å². The molecule has 0 spiro atoms. The Kier molecular flexibility index (Phi) is 4.49. The molecule has 0 bridgehead atoms. The van der Waals surface area contributed by atoms with Crippen LogP contribution in [-0.4, -0.2) is 12.2 Å². The Labute approximate surface area is 132 Å². The van der Waals surface area contributed by atoms with E-state index in [9.17, 15) is 5.11 Å². The number of hydrogen-bond donors (Lipinski definition) is 1. The molecule has 22 heavy (non-hydrogen) atoms. The fourth-order valence-electron chi connectivity index (χ4n) is 3.70. The van der Waals surface area contributed by atoms with Gasteiger partial charge in [0.05, 0.1) is 7.11 Å². The lowest BCUT2D eigenvalue weighted by Gasteiger charge is -2.39. The highest BCUT2D eigenvalue weighted by molar-refractivity contribution is 5.39. The van der Waals surface area contributed by atoms with E-state index in [1.807, 2.05) is 54.6 Å². The first kappa shape index (κ1) is 15.1. The van der Waals surface area contributed by atoms with E-state index in [1.54, 1.807) is 7.11 Å². The van der Waals surface area contributed by atoms with Gasteiger partial charge in [-0.05, 0) is 42.0 Å². The van der Waals surface area contributed by atoms with Crippen molar-refractivity contribution < 1.29 is 9.84 Å². The summed E-state index contributed by atoms with van der Waals surface area (Å²) in [7, 11) is 1.67. The third kappa shape index (κ3) is 2.76. The highest BCUT2D eigenvalue weighted by Crippen LogP contribution is 2.44. The molecule has 0 aliphatic heterocycles. The number of hydrogen-bond acceptors (Lipinski definition) is 2. The van der Waals surface area contributed by atoms with Crippen LogP contribution in [0.15, 0.2) is 54.6 Å². The van der Waals surface area contributed by atoms with E-state index in [1.165, 1.54) is 19.3 Å². The van der Waals surface area contributed by atoms with Gasteiger partial charge in [-0.15, -0.1) is 0 Å². The molecule has 0 amide bonds. The van der Waals surface area contributed by atoms with Crippen molar-refractivity contribution in [2.75, 3.05) is 7.11 Å². The lowest BCUT2D eigenvalue weighted by molar-refractivity contribution is -0.000742. The van der Waals surface area contributed by atoms with Crippen LogP contribution in [-0.2, 0) is 5.60 Å². The summed E-state index contributed by atoms with van der Waals surface area (Å²) in [6.07, 6.45) is 5.85. The molecule has 0 heterocycles. The Hall–Kier alpha value is -1.80. The molecule has 3 rings (SSSR count). The molecule has 0 aromatic heterocycles. The molecule has 1 aliphatic carbocycles. The molecule has 2 aromatic carbocycles. The minimum atomic E-state index is -0.909. The Morgan fingerprint density at radius 2 is 1.45 bits per heavy atom. The molecule has 1 aliphatic rings. The monoisotopic (exact) mass is 296 g/mol. The van der Waals surface area contributed by atoms with Gasteiger partial charge in [-0.3, -0.25) is 0 Å². The summed E-state index contributed by atoms with van der Waals surface area (Å²) in [5.41, 5.74) is 1.05. The first-order chi connectivity index (χ1) is 10.7. The predicted octanol–water partition coefficient (Wildman–Crippen LogP) is 4.51. The summed E-state index contributed by atoms with van der Waals surface area (Å²) >= 11 is 0. The van der Waals surface area contributed by atoms with Crippen LogP contribution < -0.4 is 4.74 Å². The second kappa shape index (κ2) is 6.53. The van der Waals surface area contributed by atoms with Crippen molar-refractivity contribution in [3.8, 4) is 5.75 Å². The van der Waals surface area contributed by atoms with Crippen LogP contribution in [0.3, 0.4) is 0 Å². The van der Waals surface area contributed by atoms with Gasteiger partial charge in [0.2, 0.25) is 0 Å². The van der Waals surface area contributed by atoms with Crippen molar-refractivity contribution in [2.24, 2.45) is 5.92 Å². The number of aliphatic hydroxyl groups is 1. The van der Waals surface area contributed by atoms with E-state index in [0.717, 1.165) is 29.7 Å². The Morgan fingerprint density at radius 3 is 2.05 bits per heavy atom. The van der Waals surface area contributed by atoms with Crippen LogP contribution in [0.4, 0.5) is 0 Å². The zero-order valence-electron chi connectivity index (χ0n) is 13.2. The van der Waals surface area contributed by atoms with E-state index >= 15 is 0 Å². The fraction of sp³-hybridized carbons (Fsp3) is 0.400. The molecule has 2 aromatic rings. The molecular formula is C20H24O2. The topological polar surface area (TPSA) is 29.5 Å². The quantitative estimate of drug-likeness (QED) is 0.899. The van der Waals surface area contributed by atoms with Crippen molar-refractivity contribution >= 4 is 0 Å². The maximum atomic E-state index is 11.7. The maximum absolute atomic E-state index is 11.7. The Morgan fingerprint density at radius 1 is 0.864 bits per heavy atom. The van der Waals surface area contributed by atoms with E-state index in [-0.39, 0.29) is 5.92 Å². The summed E-state index contributed by atoms with van der Waals surface area (Å²) in [6.45, 7) is 0. The Bertz CT molecular complexity index is 585. The van der Waals surface area contributed by atoms with Crippen molar-refractivity contribution in [1.29, 1.82) is 0 Å². The molecule has 0 saturated heterocycles. The normalized spacial score (nSPS) is 18.6. The number of benzene rings is 2. The van der Waals surface area contributed by atoms with Gasteiger partial charge in [0.25, 0.3) is 0 Å². The zero-order valence-corrected chi connectivity index (χ0v) is 13.2. The van der Waals surface area contributed by atoms with E-state index in [0.29, 0.717) is 0 Å². The van der Waals surface area contributed by atoms with E-state index in [4.69, 9.17) is 4.74 Å². The van der Waals surface area contributed by atoms with Crippen molar-refractivity contribution in [3.05, 3.63) is 65.7 Å². The van der Waals surface area contributed by atoms with Crippen LogP contribution in [0.2, 0.25) is 0 Å². The largest absolute Gasteiger partial charge is 0.497 e. The van der Waals surface area contributed by atoms with Crippen LogP contribution in [0.5, 0.6) is 5.75 Å². The molecule has 116 valence electrons.